The van der Waals surface area contributed by atoms with E-state index in [4.69, 9.17) is 0 Å². The van der Waals surface area contributed by atoms with Crippen molar-refractivity contribution in [1.29, 1.82) is 5.26 Å². The van der Waals surface area contributed by atoms with E-state index < -0.39 is 0 Å². The zero-order valence-electron chi connectivity index (χ0n) is 10.6. The summed E-state index contributed by atoms with van der Waals surface area (Å²) in [5.74, 6) is 0.546. The molecule has 1 aliphatic rings. The predicted molar refractivity (Wildman–Crippen MR) is 69.6 cm³/mol. The van der Waals surface area contributed by atoms with Gasteiger partial charge in [-0.1, -0.05) is 30.3 Å². The fourth-order valence-corrected chi connectivity index (χ4v) is 2.67. The van der Waals surface area contributed by atoms with Gasteiger partial charge in [0.15, 0.2) is 0 Å². The lowest BCUT2D eigenvalue weighted by molar-refractivity contribution is 0.262. The van der Waals surface area contributed by atoms with Gasteiger partial charge < -0.3 is 4.90 Å². The third-order valence-corrected chi connectivity index (χ3v) is 3.76. The third-order valence-electron chi connectivity index (χ3n) is 3.76. The van der Waals surface area contributed by atoms with Crippen LogP contribution in [0, 0.1) is 17.2 Å². The topological polar surface area (TPSA) is 27.0 Å². The third kappa shape index (κ3) is 2.68. The Kier molecular flexibility index (Phi) is 3.81. The Balaban J connectivity index is 2.09. The molecule has 1 aromatic rings. The van der Waals surface area contributed by atoms with E-state index in [1.807, 2.05) is 18.2 Å². The number of hydrogen-bond donors (Lipinski definition) is 0. The molecule has 1 saturated heterocycles. The minimum atomic E-state index is 0.0555. The van der Waals surface area contributed by atoms with Gasteiger partial charge in [0.25, 0.3) is 0 Å². The molecule has 0 radical (unpaired) electrons. The number of hydrogen-bond acceptors (Lipinski definition) is 2. The SMILES string of the molecule is CC(C)N1CC[C@H]([C@H](C#N)c2ccccc2)C1. The van der Waals surface area contributed by atoms with Crippen LogP contribution < -0.4 is 0 Å². The summed E-state index contributed by atoms with van der Waals surface area (Å²) in [6.45, 7) is 6.65. The van der Waals surface area contributed by atoms with Crippen molar-refractivity contribution in [2.45, 2.75) is 32.2 Å². The summed E-state index contributed by atoms with van der Waals surface area (Å²) < 4.78 is 0. The van der Waals surface area contributed by atoms with Crippen LogP contribution in [0.2, 0.25) is 0 Å². The first-order valence-electron chi connectivity index (χ1n) is 6.41. The van der Waals surface area contributed by atoms with Crippen LogP contribution in [0.15, 0.2) is 30.3 Å². The fourth-order valence-electron chi connectivity index (χ4n) is 2.67. The average Bonchev–Trinajstić information content (AvgIpc) is 2.81. The maximum absolute atomic E-state index is 9.40. The van der Waals surface area contributed by atoms with Gasteiger partial charge in [0, 0.05) is 12.6 Å². The first-order chi connectivity index (χ1) is 8.22. The molecule has 2 heteroatoms. The molecule has 2 atom stereocenters. The summed E-state index contributed by atoms with van der Waals surface area (Å²) in [5.41, 5.74) is 1.17. The zero-order chi connectivity index (χ0) is 12.3. The Morgan fingerprint density at radius 1 is 1.29 bits per heavy atom. The van der Waals surface area contributed by atoms with Crippen molar-refractivity contribution < 1.29 is 0 Å². The number of benzene rings is 1. The molecule has 1 aliphatic heterocycles. The Labute approximate surface area is 104 Å². The van der Waals surface area contributed by atoms with Crippen molar-refractivity contribution >= 4 is 0 Å². The molecule has 2 rings (SSSR count). The van der Waals surface area contributed by atoms with Crippen LogP contribution >= 0.6 is 0 Å². The van der Waals surface area contributed by atoms with Gasteiger partial charge in [-0.15, -0.1) is 0 Å². The van der Waals surface area contributed by atoms with E-state index in [2.05, 4.69) is 36.9 Å². The summed E-state index contributed by atoms with van der Waals surface area (Å²) in [4.78, 5) is 2.47. The molecule has 0 bridgehead atoms. The van der Waals surface area contributed by atoms with Crippen LogP contribution in [0.3, 0.4) is 0 Å². The smallest absolute Gasteiger partial charge is 0.0753 e. The lowest BCUT2D eigenvalue weighted by Crippen LogP contribution is -2.29. The Morgan fingerprint density at radius 2 is 2.00 bits per heavy atom. The number of nitrogens with zero attached hydrogens (tertiary/aromatic N) is 2. The normalized spacial score (nSPS) is 22.6. The standard InChI is InChI=1S/C15H20N2/c1-12(2)17-9-8-14(11-17)15(10-16)13-6-4-3-5-7-13/h3-7,12,14-15H,8-9,11H2,1-2H3/t14-,15+/m0/s1. The second kappa shape index (κ2) is 5.33. The molecule has 1 heterocycles. The lowest BCUT2D eigenvalue weighted by atomic mass is 9.86. The highest BCUT2D eigenvalue weighted by molar-refractivity contribution is 5.26. The van der Waals surface area contributed by atoms with E-state index in [0.29, 0.717) is 12.0 Å². The molecule has 0 amide bonds. The molecule has 0 aliphatic carbocycles. The van der Waals surface area contributed by atoms with E-state index in [1.165, 1.54) is 5.56 Å². The van der Waals surface area contributed by atoms with Crippen LogP contribution in [0.1, 0.15) is 31.7 Å². The summed E-state index contributed by atoms with van der Waals surface area (Å²) in [7, 11) is 0. The molecule has 1 aromatic carbocycles. The molecule has 90 valence electrons. The molecule has 0 saturated carbocycles. The first kappa shape index (κ1) is 12.1. The van der Waals surface area contributed by atoms with Gasteiger partial charge in [0.1, 0.15) is 0 Å². The molecule has 0 N–H and O–H groups in total. The summed E-state index contributed by atoms with van der Waals surface area (Å²) in [6, 6.07) is 13.3. The van der Waals surface area contributed by atoms with Crippen LogP contribution in [-0.2, 0) is 0 Å². The average molecular weight is 228 g/mol. The Hall–Kier alpha value is -1.33. The fraction of sp³-hybridized carbons (Fsp3) is 0.533. The molecular formula is C15H20N2. The number of rotatable bonds is 3. The molecule has 0 unspecified atom stereocenters. The van der Waals surface area contributed by atoms with Crippen molar-refractivity contribution in [3.63, 3.8) is 0 Å². The number of likely N-dealkylation sites (tertiary alicyclic amines) is 1. The molecule has 0 spiro atoms. The quantitative estimate of drug-likeness (QED) is 0.795. The molecule has 0 aromatic heterocycles. The van der Waals surface area contributed by atoms with Crippen molar-refractivity contribution in [2.24, 2.45) is 5.92 Å². The van der Waals surface area contributed by atoms with E-state index in [1.54, 1.807) is 0 Å². The van der Waals surface area contributed by atoms with Gasteiger partial charge in [-0.05, 0) is 38.3 Å². The predicted octanol–water partition coefficient (Wildman–Crippen LogP) is 3.02. The van der Waals surface area contributed by atoms with Gasteiger partial charge in [0.2, 0.25) is 0 Å². The largest absolute Gasteiger partial charge is 0.301 e. The number of nitriles is 1. The highest BCUT2D eigenvalue weighted by Gasteiger charge is 2.31. The van der Waals surface area contributed by atoms with Crippen LogP contribution in [-0.4, -0.2) is 24.0 Å². The van der Waals surface area contributed by atoms with Gasteiger partial charge in [0.05, 0.1) is 12.0 Å². The molecule has 1 fully saturated rings. The van der Waals surface area contributed by atoms with E-state index >= 15 is 0 Å². The lowest BCUT2D eigenvalue weighted by Gasteiger charge is -2.22. The van der Waals surface area contributed by atoms with Crippen LogP contribution in [0.25, 0.3) is 0 Å². The van der Waals surface area contributed by atoms with Crippen molar-refractivity contribution in [2.75, 3.05) is 13.1 Å². The van der Waals surface area contributed by atoms with Crippen LogP contribution in [0.4, 0.5) is 0 Å². The zero-order valence-corrected chi connectivity index (χ0v) is 10.6. The maximum Gasteiger partial charge on any atom is 0.0753 e. The van der Waals surface area contributed by atoms with E-state index in [0.717, 1.165) is 19.5 Å². The van der Waals surface area contributed by atoms with E-state index in [9.17, 15) is 5.26 Å². The second-order valence-electron chi connectivity index (χ2n) is 5.15. The molecule has 17 heavy (non-hydrogen) atoms. The molecule has 2 nitrogen and oxygen atoms in total. The van der Waals surface area contributed by atoms with Crippen LogP contribution in [0.5, 0.6) is 0 Å². The van der Waals surface area contributed by atoms with Crippen molar-refractivity contribution in [3.8, 4) is 6.07 Å². The summed E-state index contributed by atoms with van der Waals surface area (Å²) >= 11 is 0. The minimum absolute atomic E-state index is 0.0555. The van der Waals surface area contributed by atoms with Crippen molar-refractivity contribution in [1.82, 2.24) is 4.90 Å². The van der Waals surface area contributed by atoms with Gasteiger partial charge in [-0.25, -0.2) is 0 Å². The summed E-state index contributed by atoms with van der Waals surface area (Å²) in [5, 5.41) is 9.40. The first-order valence-corrected chi connectivity index (χ1v) is 6.41. The second-order valence-corrected chi connectivity index (χ2v) is 5.15. The monoisotopic (exact) mass is 228 g/mol. The van der Waals surface area contributed by atoms with Crippen molar-refractivity contribution in [3.05, 3.63) is 35.9 Å². The van der Waals surface area contributed by atoms with Gasteiger partial charge >= 0.3 is 0 Å². The highest BCUT2D eigenvalue weighted by atomic mass is 15.2. The maximum atomic E-state index is 9.40. The van der Waals surface area contributed by atoms with Gasteiger partial charge in [-0.3, -0.25) is 0 Å². The highest BCUT2D eigenvalue weighted by Crippen LogP contribution is 2.32. The minimum Gasteiger partial charge on any atom is -0.301 e. The van der Waals surface area contributed by atoms with Gasteiger partial charge in [-0.2, -0.15) is 5.26 Å². The Morgan fingerprint density at radius 3 is 2.53 bits per heavy atom. The molecular weight excluding hydrogens is 208 g/mol. The Bertz CT molecular complexity index is 391. The summed E-state index contributed by atoms with van der Waals surface area (Å²) in [6.07, 6.45) is 1.14. The van der Waals surface area contributed by atoms with E-state index in [-0.39, 0.29) is 5.92 Å².